The standard InChI is InChI=1S/C23H28N2O5S/c1-18-7-9-19(10-8-18)29-15-22(26)25-13-11-23(12-14-25)16-24(2)31(27,28)21-6-4-3-5-20(21)30-17-23/h3-10H,11-17H2,1-2H3. The first-order valence-corrected chi connectivity index (χ1v) is 11.9. The summed E-state index contributed by atoms with van der Waals surface area (Å²) in [7, 11) is -2.00. The molecule has 2 aliphatic rings. The molecule has 0 bridgehead atoms. The summed E-state index contributed by atoms with van der Waals surface area (Å²) in [6.45, 7) is 3.88. The molecule has 1 saturated heterocycles. The molecule has 0 unspecified atom stereocenters. The minimum absolute atomic E-state index is 0.00574. The third-order valence-corrected chi connectivity index (χ3v) is 8.03. The summed E-state index contributed by atoms with van der Waals surface area (Å²) in [5, 5.41) is 0. The van der Waals surface area contributed by atoms with Crippen LogP contribution >= 0.6 is 0 Å². The highest BCUT2D eigenvalue weighted by molar-refractivity contribution is 7.89. The second kappa shape index (κ2) is 8.51. The molecule has 2 aromatic carbocycles. The lowest BCUT2D eigenvalue weighted by Gasteiger charge is -2.44. The quantitative estimate of drug-likeness (QED) is 0.728. The van der Waals surface area contributed by atoms with Gasteiger partial charge >= 0.3 is 0 Å². The molecule has 1 spiro atoms. The van der Waals surface area contributed by atoms with E-state index < -0.39 is 10.0 Å². The molecule has 0 saturated carbocycles. The number of para-hydroxylation sites is 1. The molecule has 1 amide bonds. The second-order valence-corrected chi connectivity index (χ2v) is 10.5. The Labute approximate surface area is 183 Å². The third-order valence-electron chi connectivity index (χ3n) is 6.19. The lowest BCUT2D eigenvalue weighted by atomic mass is 9.79. The van der Waals surface area contributed by atoms with Crippen LogP contribution in [-0.2, 0) is 14.8 Å². The van der Waals surface area contributed by atoms with Crippen molar-refractivity contribution in [1.82, 2.24) is 9.21 Å². The second-order valence-electron chi connectivity index (χ2n) is 8.48. The number of likely N-dealkylation sites (tertiary alicyclic amines) is 1. The summed E-state index contributed by atoms with van der Waals surface area (Å²) in [4.78, 5) is 14.6. The van der Waals surface area contributed by atoms with Crippen molar-refractivity contribution >= 4 is 15.9 Å². The highest BCUT2D eigenvalue weighted by Gasteiger charge is 2.42. The van der Waals surface area contributed by atoms with Crippen molar-refractivity contribution in [1.29, 1.82) is 0 Å². The first-order valence-electron chi connectivity index (χ1n) is 10.4. The number of piperidine rings is 1. The van der Waals surface area contributed by atoms with Crippen molar-refractivity contribution in [3.63, 3.8) is 0 Å². The molecule has 1 fully saturated rings. The maximum Gasteiger partial charge on any atom is 0.260 e. The summed E-state index contributed by atoms with van der Waals surface area (Å²) in [6.07, 6.45) is 1.34. The van der Waals surface area contributed by atoms with Gasteiger partial charge in [0.1, 0.15) is 16.4 Å². The van der Waals surface area contributed by atoms with E-state index in [1.54, 1.807) is 36.2 Å². The number of carbonyl (C=O) groups is 1. The Morgan fingerprint density at radius 3 is 2.48 bits per heavy atom. The highest BCUT2D eigenvalue weighted by atomic mass is 32.2. The molecular weight excluding hydrogens is 416 g/mol. The van der Waals surface area contributed by atoms with Crippen molar-refractivity contribution in [2.45, 2.75) is 24.7 Å². The number of aryl methyl sites for hydroxylation is 1. The fourth-order valence-electron chi connectivity index (χ4n) is 4.19. The van der Waals surface area contributed by atoms with Gasteiger partial charge < -0.3 is 14.4 Å². The van der Waals surface area contributed by atoms with Crippen LogP contribution in [0.25, 0.3) is 0 Å². The van der Waals surface area contributed by atoms with E-state index in [0.717, 1.165) is 5.56 Å². The Bertz CT molecular complexity index is 1040. The maximum atomic E-state index is 13.0. The van der Waals surface area contributed by atoms with Gasteiger partial charge in [0.15, 0.2) is 6.61 Å². The molecule has 0 atom stereocenters. The summed E-state index contributed by atoms with van der Waals surface area (Å²) < 4.78 is 39.0. The minimum atomic E-state index is -3.62. The van der Waals surface area contributed by atoms with Gasteiger partial charge in [-0.15, -0.1) is 0 Å². The predicted molar refractivity (Wildman–Crippen MR) is 117 cm³/mol. The zero-order valence-electron chi connectivity index (χ0n) is 17.9. The Morgan fingerprint density at radius 1 is 1.10 bits per heavy atom. The Kier molecular flexibility index (Phi) is 5.94. The van der Waals surface area contributed by atoms with E-state index >= 15 is 0 Å². The molecule has 8 heteroatoms. The van der Waals surface area contributed by atoms with E-state index in [0.29, 0.717) is 50.6 Å². The van der Waals surface area contributed by atoms with Crippen molar-refractivity contribution in [2.75, 3.05) is 39.9 Å². The number of nitrogens with zero attached hydrogens (tertiary/aromatic N) is 2. The normalized spacial score (nSPS) is 20.3. The number of benzene rings is 2. The van der Waals surface area contributed by atoms with Crippen molar-refractivity contribution < 1.29 is 22.7 Å². The number of carbonyl (C=O) groups excluding carboxylic acids is 1. The molecule has 0 N–H and O–H groups in total. The van der Waals surface area contributed by atoms with E-state index in [4.69, 9.17) is 9.47 Å². The molecule has 0 aliphatic carbocycles. The van der Waals surface area contributed by atoms with Crippen molar-refractivity contribution in [2.24, 2.45) is 5.41 Å². The molecule has 0 aromatic heterocycles. The molecule has 2 aromatic rings. The minimum Gasteiger partial charge on any atom is -0.492 e. The summed E-state index contributed by atoms with van der Waals surface area (Å²) >= 11 is 0. The van der Waals surface area contributed by atoms with Gasteiger partial charge in [-0.05, 0) is 44.0 Å². The van der Waals surface area contributed by atoms with Crippen molar-refractivity contribution in [3.05, 3.63) is 54.1 Å². The Balaban J connectivity index is 1.40. The number of sulfonamides is 1. The number of hydrogen-bond donors (Lipinski definition) is 0. The van der Waals surface area contributed by atoms with Gasteiger partial charge in [0, 0.05) is 32.1 Å². The van der Waals surface area contributed by atoms with Gasteiger partial charge in [-0.25, -0.2) is 12.7 Å². The summed E-state index contributed by atoms with van der Waals surface area (Å²) in [5.74, 6) is 0.998. The molecule has 4 rings (SSSR count). The number of rotatable bonds is 3. The molecule has 166 valence electrons. The van der Waals surface area contributed by atoms with Crippen LogP contribution in [0.4, 0.5) is 0 Å². The Hall–Kier alpha value is -2.58. The SMILES string of the molecule is Cc1ccc(OCC(=O)N2CCC3(CC2)COc2ccccc2S(=O)(=O)N(C)C3)cc1. The molecule has 2 aliphatic heterocycles. The Morgan fingerprint density at radius 2 is 1.77 bits per heavy atom. The number of ether oxygens (including phenoxy) is 2. The molecular formula is C23H28N2O5S. The van der Waals surface area contributed by atoms with E-state index in [-0.39, 0.29) is 22.8 Å². The van der Waals surface area contributed by atoms with E-state index in [1.807, 2.05) is 31.2 Å². The largest absolute Gasteiger partial charge is 0.492 e. The fourth-order valence-corrected chi connectivity index (χ4v) is 5.60. The van der Waals surface area contributed by atoms with E-state index in [1.165, 1.54) is 4.31 Å². The third kappa shape index (κ3) is 4.55. The number of fused-ring (bicyclic) bond motifs is 1. The smallest absolute Gasteiger partial charge is 0.260 e. The lowest BCUT2D eigenvalue weighted by Crippen LogP contribution is -2.52. The van der Waals surface area contributed by atoms with E-state index in [2.05, 4.69) is 0 Å². The van der Waals surface area contributed by atoms with Gasteiger partial charge in [0.25, 0.3) is 5.91 Å². The van der Waals surface area contributed by atoms with Gasteiger partial charge in [0.2, 0.25) is 10.0 Å². The van der Waals surface area contributed by atoms with E-state index in [9.17, 15) is 13.2 Å². The predicted octanol–water partition coefficient (Wildman–Crippen LogP) is 2.70. The van der Waals surface area contributed by atoms with Gasteiger partial charge in [0.05, 0.1) is 6.61 Å². The lowest BCUT2D eigenvalue weighted by molar-refractivity contribution is -0.136. The van der Waals surface area contributed by atoms with Gasteiger partial charge in [-0.1, -0.05) is 29.8 Å². The van der Waals surface area contributed by atoms with Gasteiger partial charge in [-0.2, -0.15) is 0 Å². The zero-order valence-corrected chi connectivity index (χ0v) is 18.7. The molecule has 0 radical (unpaired) electrons. The molecule has 7 nitrogen and oxygen atoms in total. The van der Waals surface area contributed by atoms with Crippen LogP contribution in [0, 0.1) is 12.3 Å². The van der Waals surface area contributed by atoms with Crippen LogP contribution in [0.5, 0.6) is 11.5 Å². The first-order chi connectivity index (χ1) is 14.8. The first kappa shape index (κ1) is 21.6. The highest BCUT2D eigenvalue weighted by Crippen LogP contribution is 2.38. The van der Waals surface area contributed by atoms with Crippen LogP contribution in [0.3, 0.4) is 0 Å². The van der Waals surface area contributed by atoms with Crippen LogP contribution < -0.4 is 9.47 Å². The van der Waals surface area contributed by atoms with Gasteiger partial charge in [-0.3, -0.25) is 4.79 Å². The zero-order chi connectivity index (χ0) is 22.1. The van der Waals surface area contributed by atoms with Crippen LogP contribution in [0.15, 0.2) is 53.4 Å². The van der Waals surface area contributed by atoms with Crippen molar-refractivity contribution in [3.8, 4) is 11.5 Å². The summed E-state index contributed by atoms with van der Waals surface area (Å²) in [6, 6.07) is 14.4. The number of hydrogen-bond acceptors (Lipinski definition) is 5. The maximum absolute atomic E-state index is 13.0. The average molecular weight is 445 g/mol. The van der Waals surface area contributed by atoms with Crippen LogP contribution in [0.2, 0.25) is 0 Å². The monoisotopic (exact) mass is 444 g/mol. The average Bonchev–Trinajstić information content (AvgIpc) is 2.77. The topological polar surface area (TPSA) is 76.1 Å². The molecule has 31 heavy (non-hydrogen) atoms. The number of amides is 1. The fraction of sp³-hybridized carbons (Fsp3) is 0.435. The van der Waals surface area contributed by atoms with Crippen LogP contribution in [-0.4, -0.2) is 63.4 Å². The van der Waals surface area contributed by atoms with Crippen LogP contribution in [0.1, 0.15) is 18.4 Å². The summed E-state index contributed by atoms with van der Waals surface area (Å²) in [5.41, 5.74) is 0.806. The molecule has 2 heterocycles.